The Morgan fingerprint density at radius 2 is 2.00 bits per heavy atom. The fourth-order valence-corrected chi connectivity index (χ4v) is 2.54. The normalized spacial score (nSPS) is 20.0. The lowest BCUT2D eigenvalue weighted by Crippen LogP contribution is -2.25. The molecule has 1 aliphatic carbocycles. The van der Waals surface area contributed by atoms with E-state index in [9.17, 15) is 10.3 Å². The zero-order valence-corrected chi connectivity index (χ0v) is 12.3. The molecule has 3 nitrogen and oxygen atoms in total. The molecular weight excluding hydrogens is 238 g/mol. The third-order valence-corrected chi connectivity index (χ3v) is 3.79. The fraction of sp³-hybridized carbons (Fsp3) is 0.812. The third-order valence-electron chi connectivity index (χ3n) is 3.79. The second kappa shape index (κ2) is 10.0. The van der Waals surface area contributed by atoms with Gasteiger partial charge >= 0.3 is 0 Å². The molecule has 1 atom stereocenters. The highest BCUT2D eigenvalue weighted by Gasteiger charge is 2.19. The largest absolute Gasteiger partial charge is 0.624 e. The summed E-state index contributed by atoms with van der Waals surface area (Å²) in [5.41, 5.74) is 0. The summed E-state index contributed by atoms with van der Waals surface area (Å²) in [6.45, 7) is 2.18. The molecule has 0 radical (unpaired) electrons. The average Bonchev–Trinajstić information content (AvgIpc) is 2.45. The highest BCUT2D eigenvalue weighted by molar-refractivity contribution is 5.52. The number of aliphatic hydroxyl groups excluding tert-OH is 1. The van der Waals surface area contributed by atoms with Gasteiger partial charge < -0.3 is 10.3 Å². The minimum atomic E-state index is -0.512. The molecule has 0 saturated heterocycles. The summed E-state index contributed by atoms with van der Waals surface area (Å²) in [5, 5.41) is 21.6. The molecule has 0 aromatic heterocycles. The molecule has 0 amide bonds. The molecule has 3 heteroatoms. The molecule has 0 bridgehead atoms. The van der Waals surface area contributed by atoms with Gasteiger partial charge in [-0.15, -0.1) is 0 Å². The number of hydrogen-bond donors (Lipinski definition) is 1. The van der Waals surface area contributed by atoms with E-state index in [1.165, 1.54) is 25.7 Å². The Morgan fingerprint density at radius 1 is 1.26 bits per heavy atom. The highest BCUT2D eigenvalue weighted by Crippen LogP contribution is 2.19. The Morgan fingerprint density at radius 3 is 2.68 bits per heavy atom. The van der Waals surface area contributed by atoms with E-state index in [-0.39, 0.29) is 6.04 Å². The van der Waals surface area contributed by atoms with Crippen molar-refractivity contribution in [3.8, 4) is 0 Å². The van der Waals surface area contributed by atoms with Crippen LogP contribution in [0.4, 0.5) is 0 Å². The van der Waals surface area contributed by atoms with Gasteiger partial charge in [-0.25, -0.2) is 4.74 Å². The summed E-state index contributed by atoms with van der Waals surface area (Å²) in [6, 6.07) is 0.148. The van der Waals surface area contributed by atoms with E-state index >= 15 is 0 Å². The van der Waals surface area contributed by atoms with Crippen molar-refractivity contribution in [2.45, 2.75) is 83.3 Å². The van der Waals surface area contributed by atoms with Crippen LogP contribution in [0.1, 0.15) is 71.1 Å². The van der Waals surface area contributed by atoms with Gasteiger partial charge in [0.2, 0.25) is 0 Å². The number of aliphatic hydroxyl groups is 1. The van der Waals surface area contributed by atoms with Gasteiger partial charge in [-0.2, -0.15) is 0 Å². The molecule has 1 rings (SSSR count). The van der Waals surface area contributed by atoms with Crippen LogP contribution in [0.2, 0.25) is 0 Å². The van der Waals surface area contributed by atoms with Crippen molar-refractivity contribution >= 4 is 6.21 Å². The monoisotopic (exact) mass is 267 g/mol. The molecule has 0 aliphatic heterocycles. The molecule has 1 fully saturated rings. The smallest absolute Gasteiger partial charge is 0.162 e. The summed E-state index contributed by atoms with van der Waals surface area (Å²) in [4.78, 5) is 0. The molecule has 0 heterocycles. The Kier molecular flexibility index (Phi) is 8.55. The van der Waals surface area contributed by atoms with Crippen LogP contribution in [0.25, 0.3) is 0 Å². The number of hydroxylamine groups is 1. The predicted molar refractivity (Wildman–Crippen MR) is 80.5 cm³/mol. The first kappa shape index (κ1) is 16.2. The summed E-state index contributed by atoms with van der Waals surface area (Å²) in [5.74, 6) is 0. The maximum Gasteiger partial charge on any atom is 0.162 e. The van der Waals surface area contributed by atoms with E-state index in [0.717, 1.165) is 36.8 Å². The topological polar surface area (TPSA) is 46.3 Å². The summed E-state index contributed by atoms with van der Waals surface area (Å²) in [7, 11) is 0. The van der Waals surface area contributed by atoms with Crippen molar-refractivity contribution in [3.05, 3.63) is 17.4 Å². The standard InChI is InChI=1S/C16H29NO2/c1-2-3-4-5-9-12-16(18)13-14-17(19)15-10-7-6-8-11-15/h9,12,14-16,18H,2-8,10-11,13H2,1H3/b12-9-,17-14+. The van der Waals surface area contributed by atoms with Crippen LogP contribution < -0.4 is 0 Å². The zero-order chi connectivity index (χ0) is 13.9. The van der Waals surface area contributed by atoms with Crippen molar-refractivity contribution in [1.82, 2.24) is 0 Å². The molecule has 110 valence electrons. The van der Waals surface area contributed by atoms with Crippen molar-refractivity contribution < 1.29 is 9.85 Å². The zero-order valence-electron chi connectivity index (χ0n) is 12.3. The van der Waals surface area contributed by atoms with E-state index < -0.39 is 6.10 Å². The number of nitrogens with zero attached hydrogens (tertiary/aromatic N) is 1. The molecular formula is C16H29NO2. The van der Waals surface area contributed by atoms with Crippen LogP contribution in [0.15, 0.2) is 12.2 Å². The Bertz CT molecular complexity index is 280. The van der Waals surface area contributed by atoms with Gasteiger partial charge in [-0.1, -0.05) is 38.3 Å². The molecule has 1 aliphatic rings. The maximum absolute atomic E-state index is 11.8. The van der Waals surface area contributed by atoms with E-state index in [1.807, 2.05) is 12.2 Å². The third kappa shape index (κ3) is 7.36. The molecule has 1 unspecified atom stereocenters. The van der Waals surface area contributed by atoms with E-state index in [1.54, 1.807) is 6.21 Å². The summed E-state index contributed by atoms with van der Waals surface area (Å²) in [6.07, 6.45) is 15.6. The predicted octanol–water partition coefficient (Wildman–Crippen LogP) is 3.79. The summed E-state index contributed by atoms with van der Waals surface area (Å²) >= 11 is 0. The molecule has 1 N–H and O–H groups in total. The van der Waals surface area contributed by atoms with Crippen LogP contribution >= 0.6 is 0 Å². The van der Waals surface area contributed by atoms with Crippen LogP contribution in [0, 0.1) is 5.21 Å². The Labute approximate surface area is 117 Å². The van der Waals surface area contributed by atoms with E-state index in [2.05, 4.69) is 6.92 Å². The Balaban J connectivity index is 2.21. The minimum Gasteiger partial charge on any atom is -0.624 e. The van der Waals surface area contributed by atoms with E-state index in [4.69, 9.17) is 0 Å². The lowest BCUT2D eigenvalue weighted by atomic mass is 9.96. The molecule has 0 spiro atoms. The number of rotatable bonds is 8. The average molecular weight is 267 g/mol. The first-order chi connectivity index (χ1) is 9.24. The first-order valence-corrected chi connectivity index (χ1v) is 7.87. The van der Waals surface area contributed by atoms with Crippen molar-refractivity contribution in [1.29, 1.82) is 0 Å². The van der Waals surface area contributed by atoms with Crippen molar-refractivity contribution in [3.63, 3.8) is 0 Å². The number of allylic oxidation sites excluding steroid dienone is 1. The second-order valence-corrected chi connectivity index (χ2v) is 5.56. The number of hydrogen-bond acceptors (Lipinski definition) is 2. The van der Waals surface area contributed by atoms with Gasteiger partial charge in [0.15, 0.2) is 12.3 Å². The second-order valence-electron chi connectivity index (χ2n) is 5.56. The number of unbranched alkanes of at least 4 members (excludes halogenated alkanes) is 3. The maximum atomic E-state index is 11.8. The molecule has 19 heavy (non-hydrogen) atoms. The minimum absolute atomic E-state index is 0.148. The summed E-state index contributed by atoms with van der Waals surface area (Å²) < 4.78 is 1.08. The Hall–Kier alpha value is -0.830. The van der Waals surface area contributed by atoms with Crippen molar-refractivity contribution in [2.75, 3.05) is 0 Å². The van der Waals surface area contributed by atoms with Crippen LogP contribution in [0.5, 0.6) is 0 Å². The van der Waals surface area contributed by atoms with Gasteiger partial charge in [-0.3, -0.25) is 0 Å². The SMILES string of the molecule is CCCCC/C=C\C(O)C/C=[N+](/[O-])C1CCCCC1. The van der Waals surface area contributed by atoms with Gasteiger partial charge in [0.1, 0.15) is 0 Å². The first-order valence-electron chi connectivity index (χ1n) is 7.87. The molecule has 1 saturated carbocycles. The fourth-order valence-electron chi connectivity index (χ4n) is 2.54. The van der Waals surface area contributed by atoms with Crippen LogP contribution in [-0.4, -0.2) is 28.2 Å². The van der Waals surface area contributed by atoms with E-state index in [0.29, 0.717) is 6.42 Å². The van der Waals surface area contributed by atoms with Gasteiger partial charge in [0.25, 0.3) is 0 Å². The van der Waals surface area contributed by atoms with Crippen LogP contribution in [-0.2, 0) is 0 Å². The van der Waals surface area contributed by atoms with Gasteiger partial charge in [0, 0.05) is 12.8 Å². The lowest BCUT2D eigenvalue weighted by Gasteiger charge is -2.21. The van der Waals surface area contributed by atoms with Gasteiger partial charge in [0.05, 0.1) is 12.5 Å². The highest BCUT2D eigenvalue weighted by atomic mass is 16.5. The van der Waals surface area contributed by atoms with Crippen LogP contribution in [0.3, 0.4) is 0 Å². The lowest BCUT2D eigenvalue weighted by molar-refractivity contribution is -0.502. The van der Waals surface area contributed by atoms with Gasteiger partial charge in [-0.05, 0) is 25.7 Å². The van der Waals surface area contributed by atoms with Crippen molar-refractivity contribution in [2.24, 2.45) is 0 Å². The molecule has 0 aromatic carbocycles. The quantitative estimate of drug-likeness (QED) is 0.182. The molecule has 0 aromatic rings.